The Kier molecular flexibility index (Phi) is 13.8. The molecule has 0 saturated carbocycles. The second-order valence-corrected chi connectivity index (χ2v) is 6.78. The molecule has 2 amide bonds. The lowest BCUT2D eigenvalue weighted by Crippen LogP contribution is -2.46. The largest absolute Gasteiger partial charge is 0.377 e. The zero-order valence-electron chi connectivity index (χ0n) is 17.3. The van der Waals surface area contributed by atoms with Crippen molar-refractivity contribution in [3.05, 3.63) is 0 Å². The number of ether oxygens (including phenoxy) is 4. The van der Waals surface area contributed by atoms with Gasteiger partial charge in [0.25, 0.3) is 0 Å². The molecule has 1 aliphatic rings. The quantitative estimate of drug-likeness (QED) is 0.630. The van der Waals surface area contributed by atoms with Gasteiger partial charge in [-0.1, -0.05) is 20.3 Å². The predicted octanol–water partition coefficient (Wildman–Crippen LogP) is -0.225. The maximum absolute atomic E-state index is 12.5. The molecule has 1 rings (SSSR count). The van der Waals surface area contributed by atoms with E-state index < -0.39 is 6.04 Å². The van der Waals surface area contributed by atoms with Gasteiger partial charge in [-0.05, 0) is 5.92 Å². The molecule has 0 aromatic heterocycles. The van der Waals surface area contributed by atoms with E-state index in [-0.39, 0.29) is 30.7 Å². The van der Waals surface area contributed by atoms with Gasteiger partial charge >= 0.3 is 0 Å². The summed E-state index contributed by atoms with van der Waals surface area (Å²) < 4.78 is 21.8. The molecule has 0 radical (unpaired) electrons. The molecule has 0 bridgehead atoms. The fourth-order valence-corrected chi connectivity index (χ4v) is 2.55. The van der Waals surface area contributed by atoms with E-state index in [1.54, 1.807) is 4.90 Å². The van der Waals surface area contributed by atoms with E-state index >= 15 is 0 Å². The van der Waals surface area contributed by atoms with Crippen LogP contribution in [-0.2, 0) is 28.5 Å². The molecule has 28 heavy (non-hydrogen) atoms. The summed E-state index contributed by atoms with van der Waals surface area (Å²) in [6.45, 7) is 8.99. The van der Waals surface area contributed by atoms with Crippen LogP contribution in [0.5, 0.6) is 0 Å². The van der Waals surface area contributed by atoms with Gasteiger partial charge in [-0.3, -0.25) is 9.59 Å². The van der Waals surface area contributed by atoms with Crippen LogP contribution >= 0.6 is 0 Å². The molecule has 1 saturated heterocycles. The molecule has 2 unspecified atom stereocenters. The highest BCUT2D eigenvalue weighted by molar-refractivity contribution is 5.82. The van der Waals surface area contributed by atoms with Crippen LogP contribution in [0.3, 0.4) is 0 Å². The van der Waals surface area contributed by atoms with Crippen LogP contribution in [0, 0.1) is 5.92 Å². The second-order valence-electron chi connectivity index (χ2n) is 6.78. The number of carbonyl (C=O) groups is 2. The van der Waals surface area contributed by atoms with Crippen molar-refractivity contribution in [1.29, 1.82) is 0 Å². The minimum absolute atomic E-state index is 0.0542. The summed E-state index contributed by atoms with van der Waals surface area (Å²) in [6, 6.07) is -0.551. The predicted molar refractivity (Wildman–Crippen MR) is 105 cm³/mol. The lowest BCUT2D eigenvalue weighted by Gasteiger charge is -2.23. The van der Waals surface area contributed by atoms with Gasteiger partial charge in [0.15, 0.2) is 0 Å². The van der Waals surface area contributed by atoms with Gasteiger partial charge in [-0.2, -0.15) is 0 Å². The van der Waals surface area contributed by atoms with Gasteiger partial charge in [0.2, 0.25) is 11.8 Å². The first-order valence-corrected chi connectivity index (χ1v) is 10.2. The Morgan fingerprint density at radius 1 is 0.929 bits per heavy atom. The third-order valence-corrected chi connectivity index (χ3v) is 4.68. The minimum atomic E-state index is -0.551. The molecule has 3 N–H and O–H groups in total. The van der Waals surface area contributed by atoms with Crippen molar-refractivity contribution in [2.24, 2.45) is 11.7 Å². The number of hydrogen-bond acceptors (Lipinski definition) is 7. The molecule has 0 spiro atoms. The Balaban J connectivity index is 2.39. The Morgan fingerprint density at radius 2 is 1.39 bits per heavy atom. The first-order chi connectivity index (χ1) is 13.6. The Hall–Kier alpha value is -1.26. The Bertz CT molecular complexity index is 422. The number of rotatable bonds is 6. The van der Waals surface area contributed by atoms with E-state index in [1.807, 2.05) is 13.8 Å². The lowest BCUT2D eigenvalue weighted by atomic mass is 9.99. The third-order valence-electron chi connectivity index (χ3n) is 4.68. The molecule has 9 heteroatoms. The van der Waals surface area contributed by atoms with Crippen molar-refractivity contribution in [1.82, 2.24) is 10.2 Å². The summed E-state index contributed by atoms with van der Waals surface area (Å²) >= 11 is 0. The molecule has 1 aliphatic heterocycles. The van der Waals surface area contributed by atoms with Gasteiger partial charge in [0.1, 0.15) is 0 Å². The minimum Gasteiger partial charge on any atom is -0.377 e. The summed E-state index contributed by atoms with van der Waals surface area (Å²) in [7, 11) is 0. The monoisotopic (exact) mass is 403 g/mol. The molecule has 0 aromatic rings. The molecule has 164 valence electrons. The van der Waals surface area contributed by atoms with Gasteiger partial charge in [0, 0.05) is 26.1 Å². The highest BCUT2D eigenvalue weighted by Crippen LogP contribution is 2.05. The summed E-state index contributed by atoms with van der Waals surface area (Å²) in [5.41, 5.74) is 5.90. The van der Waals surface area contributed by atoms with Crippen molar-refractivity contribution >= 4 is 11.8 Å². The SMILES string of the molecule is CCC(C)C(N)C(=O)NCCC(=O)N1CCOCCOCCOCCOCC1. The number of hydrogen-bond donors (Lipinski definition) is 2. The van der Waals surface area contributed by atoms with Crippen molar-refractivity contribution < 1.29 is 28.5 Å². The molecule has 1 fully saturated rings. The summed E-state index contributed by atoms with van der Waals surface area (Å²) in [6.07, 6.45) is 1.04. The standard InChI is InChI=1S/C19H37N3O6/c1-3-16(2)18(20)19(24)21-5-4-17(23)22-6-8-25-10-12-27-14-15-28-13-11-26-9-7-22/h16,18H,3-15,20H2,1-2H3,(H,21,24). The third kappa shape index (κ3) is 10.9. The molecule has 2 atom stereocenters. The van der Waals surface area contributed by atoms with E-state index in [0.717, 1.165) is 6.42 Å². The highest BCUT2D eigenvalue weighted by atomic mass is 16.6. The number of nitrogens with one attached hydrogen (secondary N) is 1. The van der Waals surface area contributed by atoms with E-state index in [4.69, 9.17) is 24.7 Å². The molecular formula is C19H37N3O6. The van der Waals surface area contributed by atoms with Crippen LogP contribution in [0.1, 0.15) is 26.7 Å². The van der Waals surface area contributed by atoms with Crippen molar-refractivity contribution in [3.8, 4) is 0 Å². The van der Waals surface area contributed by atoms with E-state index in [2.05, 4.69) is 5.32 Å². The van der Waals surface area contributed by atoms with Crippen molar-refractivity contribution in [2.75, 3.05) is 72.5 Å². The zero-order chi connectivity index (χ0) is 20.6. The molecular weight excluding hydrogens is 366 g/mol. The number of carbonyl (C=O) groups excluding carboxylic acids is 2. The van der Waals surface area contributed by atoms with E-state index in [9.17, 15) is 9.59 Å². The average Bonchev–Trinajstić information content (AvgIpc) is 2.71. The summed E-state index contributed by atoms with van der Waals surface area (Å²) in [4.78, 5) is 26.2. The molecule has 0 aliphatic carbocycles. The molecule has 0 aromatic carbocycles. The Labute approximate surface area is 168 Å². The van der Waals surface area contributed by atoms with Gasteiger partial charge < -0.3 is 34.9 Å². The Morgan fingerprint density at radius 3 is 1.86 bits per heavy atom. The molecule has 9 nitrogen and oxygen atoms in total. The first-order valence-electron chi connectivity index (χ1n) is 10.2. The smallest absolute Gasteiger partial charge is 0.237 e. The maximum atomic E-state index is 12.5. The maximum Gasteiger partial charge on any atom is 0.237 e. The van der Waals surface area contributed by atoms with E-state index in [1.165, 1.54) is 0 Å². The van der Waals surface area contributed by atoms with Crippen molar-refractivity contribution in [3.63, 3.8) is 0 Å². The number of amides is 2. The summed E-state index contributed by atoms with van der Waals surface area (Å²) in [5, 5.41) is 2.75. The molecule has 1 heterocycles. The van der Waals surface area contributed by atoms with Crippen LogP contribution in [-0.4, -0.2) is 95.2 Å². The topological polar surface area (TPSA) is 112 Å². The fourth-order valence-electron chi connectivity index (χ4n) is 2.55. The first kappa shape index (κ1) is 24.8. The van der Waals surface area contributed by atoms with Crippen LogP contribution in [0.15, 0.2) is 0 Å². The van der Waals surface area contributed by atoms with Gasteiger partial charge in [-0.15, -0.1) is 0 Å². The zero-order valence-corrected chi connectivity index (χ0v) is 17.3. The van der Waals surface area contributed by atoms with Crippen LogP contribution < -0.4 is 11.1 Å². The second kappa shape index (κ2) is 15.6. The van der Waals surface area contributed by atoms with E-state index in [0.29, 0.717) is 65.9 Å². The average molecular weight is 404 g/mol. The fraction of sp³-hybridized carbons (Fsp3) is 0.895. The van der Waals surface area contributed by atoms with Crippen LogP contribution in [0.2, 0.25) is 0 Å². The van der Waals surface area contributed by atoms with Crippen LogP contribution in [0.4, 0.5) is 0 Å². The van der Waals surface area contributed by atoms with Gasteiger partial charge in [-0.25, -0.2) is 0 Å². The normalized spacial score (nSPS) is 20.5. The highest BCUT2D eigenvalue weighted by Gasteiger charge is 2.20. The number of nitrogens with two attached hydrogens (primary N) is 1. The van der Waals surface area contributed by atoms with Crippen LogP contribution in [0.25, 0.3) is 0 Å². The lowest BCUT2D eigenvalue weighted by molar-refractivity contribution is -0.133. The summed E-state index contributed by atoms with van der Waals surface area (Å²) in [5.74, 6) is -0.169. The van der Waals surface area contributed by atoms with Crippen molar-refractivity contribution in [2.45, 2.75) is 32.7 Å². The van der Waals surface area contributed by atoms with Gasteiger partial charge in [0.05, 0.1) is 58.9 Å². The number of nitrogens with zero attached hydrogens (tertiary/aromatic N) is 1.